The average Bonchev–Trinajstić information content (AvgIpc) is 3.15. The van der Waals surface area contributed by atoms with E-state index in [2.05, 4.69) is 37.4 Å². The second-order valence-corrected chi connectivity index (χ2v) is 9.51. The zero-order chi connectivity index (χ0) is 21.5. The quantitative estimate of drug-likeness (QED) is 0.504. The van der Waals surface area contributed by atoms with Crippen LogP contribution in [0.5, 0.6) is 0 Å². The van der Waals surface area contributed by atoms with E-state index < -0.39 is 0 Å². The van der Waals surface area contributed by atoms with Gasteiger partial charge in [0, 0.05) is 28.5 Å². The molecule has 1 N–H and O–H groups in total. The number of carbonyl (C=O) groups is 1. The van der Waals surface area contributed by atoms with Crippen LogP contribution in [-0.4, -0.2) is 20.5 Å². The van der Waals surface area contributed by atoms with Crippen LogP contribution in [0.1, 0.15) is 47.6 Å². The Kier molecular flexibility index (Phi) is 5.36. The Hall–Kier alpha value is -2.57. The van der Waals surface area contributed by atoms with Crippen LogP contribution in [0.15, 0.2) is 58.9 Å². The number of hydrogen-bond acceptors (Lipinski definition) is 5. The first-order valence-corrected chi connectivity index (χ1v) is 11.8. The Bertz CT molecular complexity index is 1200. The number of hydrogen-bond donors (Lipinski definition) is 1. The van der Waals surface area contributed by atoms with Gasteiger partial charge in [0.15, 0.2) is 5.78 Å². The first kappa shape index (κ1) is 20.3. The Morgan fingerprint density at radius 2 is 1.97 bits per heavy atom. The van der Waals surface area contributed by atoms with Gasteiger partial charge in [-0.2, -0.15) is 4.98 Å². The molecule has 2 aliphatic rings. The second kappa shape index (κ2) is 8.17. The van der Waals surface area contributed by atoms with E-state index >= 15 is 0 Å². The van der Waals surface area contributed by atoms with E-state index in [1.54, 1.807) is 11.8 Å². The Balaban J connectivity index is 1.49. The fourth-order valence-corrected chi connectivity index (χ4v) is 5.33. The molecular formula is C24H23ClN4OS. The molecule has 7 heteroatoms. The highest BCUT2D eigenvalue weighted by atomic mass is 35.5. The van der Waals surface area contributed by atoms with Crippen LogP contribution < -0.4 is 5.32 Å². The van der Waals surface area contributed by atoms with Crippen molar-refractivity contribution in [1.82, 2.24) is 14.8 Å². The highest BCUT2D eigenvalue weighted by Crippen LogP contribution is 2.41. The number of benzene rings is 2. The fraction of sp³-hybridized carbons (Fsp3) is 0.292. The predicted octanol–water partition coefficient (Wildman–Crippen LogP) is 5.86. The number of thioether (sulfide) groups is 1. The highest BCUT2D eigenvalue weighted by molar-refractivity contribution is 7.98. The third-order valence-corrected chi connectivity index (χ3v) is 7.03. The van der Waals surface area contributed by atoms with Gasteiger partial charge in [-0.15, -0.1) is 5.10 Å². The van der Waals surface area contributed by atoms with Crippen LogP contribution >= 0.6 is 23.4 Å². The van der Waals surface area contributed by atoms with Gasteiger partial charge in [0.1, 0.15) is 6.04 Å². The topological polar surface area (TPSA) is 59.8 Å². The van der Waals surface area contributed by atoms with E-state index in [4.69, 9.17) is 21.7 Å². The number of allylic oxidation sites excluding steroid dienone is 2. The Labute approximate surface area is 190 Å². The number of fused-ring (bicyclic) bond motifs is 1. The number of rotatable bonds is 4. The van der Waals surface area contributed by atoms with E-state index in [0.29, 0.717) is 22.5 Å². The standard InChI is InChI=1S/C24H23ClN4OS/c1-14-6-7-17(15(2)12-14)13-31-24-27-23-26-19-4-3-5-20(30)21(19)22(29(23)28-24)16-8-10-18(25)11-9-16/h6-12,22H,3-5,13H2,1-2H3,(H,26,27,28)/t22-/m1/s1. The van der Waals surface area contributed by atoms with Crippen molar-refractivity contribution >= 4 is 35.1 Å². The summed E-state index contributed by atoms with van der Waals surface area (Å²) in [5.74, 6) is 1.67. The van der Waals surface area contributed by atoms with E-state index in [1.807, 2.05) is 28.9 Å². The molecule has 3 aromatic rings. The molecule has 0 radical (unpaired) electrons. The molecule has 1 aromatic heterocycles. The van der Waals surface area contributed by atoms with Crippen molar-refractivity contribution in [2.24, 2.45) is 0 Å². The van der Waals surface area contributed by atoms with Crippen molar-refractivity contribution in [3.05, 3.63) is 81.0 Å². The molecule has 158 valence electrons. The zero-order valence-corrected chi connectivity index (χ0v) is 19.1. The number of nitrogens with zero attached hydrogens (tertiary/aromatic N) is 3. The third kappa shape index (κ3) is 3.90. The van der Waals surface area contributed by atoms with E-state index in [9.17, 15) is 4.79 Å². The van der Waals surface area contributed by atoms with Gasteiger partial charge in [0.2, 0.25) is 11.1 Å². The number of carbonyl (C=O) groups excluding carboxylic acids is 1. The van der Waals surface area contributed by atoms with Crippen molar-refractivity contribution in [3.63, 3.8) is 0 Å². The molecule has 2 aromatic carbocycles. The monoisotopic (exact) mass is 450 g/mol. The lowest BCUT2D eigenvalue weighted by molar-refractivity contribution is -0.116. The molecule has 0 fully saturated rings. The zero-order valence-electron chi connectivity index (χ0n) is 17.5. The van der Waals surface area contributed by atoms with Crippen LogP contribution in [0.2, 0.25) is 5.02 Å². The summed E-state index contributed by atoms with van der Waals surface area (Å²) in [5, 5.41) is 9.57. The number of anilines is 1. The molecule has 0 bridgehead atoms. The van der Waals surface area contributed by atoms with Gasteiger partial charge in [0.05, 0.1) is 0 Å². The van der Waals surface area contributed by atoms with Gasteiger partial charge >= 0.3 is 0 Å². The number of Topliss-reactive ketones (excluding diaryl/α,β-unsaturated/α-hetero) is 1. The molecule has 1 aliphatic heterocycles. The summed E-state index contributed by atoms with van der Waals surface area (Å²) in [6, 6.07) is 13.9. The summed E-state index contributed by atoms with van der Waals surface area (Å²) in [6.07, 6.45) is 2.28. The smallest absolute Gasteiger partial charge is 0.227 e. The number of nitrogens with one attached hydrogen (secondary N) is 1. The number of aryl methyl sites for hydroxylation is 2. The molecule has 5 nitrogen and oxygen atoms in total. The molecule has 2 heterocycles. The van der Waals surface area contributed by atoms with Crippen LogP contribution in [0.4, 0.5) is 5.95 Å². The lowest BCUT2D eigenvalue weighted by Gasteiger charge is -2.32. The van der Waals surface area contributed by atoms with Gasteiger partial charge in [-0.3, -0.25) is 4.79 Å². The average molecular weight is 451 g/mol. The van der Waals surface area contributed by atoms with E-state index in [-0.39, 0.29) is 11.8 Å². The maximum absolute atomic E-state index is 12.9. The molecule has 0 amide bonds. The minimum Gasteiger partial charge on any atom is -0.328 e. The summed E-state index contributed by atoms with van der Waals surface area (Å²) in [4.78, 5) is 17.6. The molecular weight excluding hydrogens is 428 g/mol. The van der Waals surface area contributed by atoms with Gasteiger partial charge in [-0.1, -0.05) is 59.3 Å². The van der Waals surface area contributed by atoms with Crippen molar-refractivity contribution in [2.45, 2.75) is 50.1 Å². The lowest BCUT2D eigenvalue weighted by Crippen LogP contribution is -2.31. The Morgan fingerprint density at radius 1 is 1.16 bits per heavy atom. The molecule has 0 saturated carbocycles. The minimum absolute atomic E-state index is 0.180. The predicted molar refractivity (Wildman–Crippen MR) is 125 cm³/mol. The summed E-state index contributed by atoms with van der Waals surface area (Å²) < 4.78 is 1.86. The number of halogens is 1. The molecule has 1 aliphatic carbocycles. The number of aromatic nitrogens is 3. The van der Waals surface area contributed by atoms with Gasteiger partial charge in [-0.05, 0) is 55.5 Å². The van der Waals surface area contributed by atoms with Crippen molar-refractivity contribution in [3.8, 4) is 0 Å². The lowest BCUT2D eigenvalue weighted by atomic mass is 9.85. The molecule has 0 unspecified atom stereocenters. The normalized spacial score (nSPS) is 17.9. The van der Waals surface area contributed by atoms with Crippen LogP contribution in [0.25, 0.3) is 0 Å². The summed E-state index contributed by atoms with van der Waals surface area (Å²) >= 11 is 7.73. The van der Waals surface area contributed by atoms with Gasteiger partial charge in [0.25, 0.3) is 0 Å². The first-order chi connectivity index (χ1) is 15.0. The van der Waals surface area contributed by atoms with Crippen molar-refractivity contribution in [1.29, 1.82) is 0 Å². The summed E-state index contributed by atoms with van der Waals surface area (Å²) in [5.41, 5.74) is 6.58. The first-order valence-electron chi connectivity index (χ1n) is 10.4. The van der Waals surface area contributed by atoms with Crippen molar-refractivity contribution < 1.29 is 4.79 Å². The maximum atomic E-state index is 12.9. The van der Waals surface area contributed by atoms with Gasteiger partial charge in [-0.25, -0.2) is 4.68 Å². The molecule has 0 saturated heterocycles. The molecule has 1 atom stereocenters. The highest BCUT2D eigenvalue weighted by Gasteiger charge is 2.36. The SMILES string of the molecule is Cc1ccc(CSc2nc3n(n2)[C@H](c2ccc(Cl)cc2)C2=C(CCCC2=O)N3)c(C)c1. The maximum Gasteiger partial charge on any atom is 0.227 e. The van der Waals surface area contributed by atoms with E-state index in [1.165, 1.54) is 16.7 Å². The van der Waals surface area contributed by atoms with Gasteiger partial charge < -0.3 is 5.32 Å². The van der Waals surface area contributed by atoms with E-state index in [0.717, 1.165) is 35.4 Å². The van der Waals surface area contributed by atoms with Crippen molar-refractivity contribution in [2.75, 3.05) is 5.32 Å². The summed E-state index contributed by atoms with van der Waals surface area (Å²) in [6.45, 7) is 4.24. The molecule has 5 rings (SSSR count). The van der Waals surface area contributed by atoms with Crippen LogP contribution in [-0.2, 0) is 10.5 Å². The minimum atomic E-state index is -0.278. The fourth-order valence-electron chi connectivity index (χ4n) is 4.30. The third-order valence-electron chi connectivity index (χ3n) is 5.89. The second-order valence-electron chi connectivity index (χ2n) is 8.13. The molecule has 0 spiro atoms. The number of ketones is 1. The summed E-state index contributed by atoms with van der Waals surface area (Å²) in [7, 11) is 0. The largest absolute Gasteiger partial charge is 0.328 e. The Morgan fingerprint density at radius 3 is 2.74 bits per heavy atom. The van der Waals surface area contributed by atoms with Crippen LogP contribution in [0.3, 0.4) is 0 Å². The molecule has 31 heavy (non-hydrogen) atoms. The van der Waals surface area contributed by atoms with Crippen LogP contribution in [0, 0.1) is 13.8 Å².